The largest absolute Gasteiger partial charge is 0.485 e. The Balaban J connectivity index is 2.03. The van der Waals surface area contributed by atoms with Gasteiger partial charge in [-0.25, -0.2) is 4.98 Å². The number of carbonyl (C=O) groups excluding carboxylic acids is 2. The minimum absolute atomic E-state index is 0.156. The maximum absolute atomic E-state index is 13.7. The number of Topliss-reactive ketones (excluding diaryl/α,β-unsaturated/α-hetero) is 1. The third-order valence-electron chi connectivity index (χ3n) is 5.66. The van der Waals surface area contributed by atoms with Crippen LogP contribution in [0.3, 0.4) is 0 Å². The fourth-order valence-electron chi connectivity index (χ4n) is 4.17. The molecule has 33 heavy (non-hydrogen) atoms. The lowest BCUT2D eigenvalue weighted by Crippen LogP contribution is -2.39. The summed E-state index contributed by atoms with van der Waals surface area (Å²) in [5, 5.41) is 0. The third kappa shape index (κ3) is 5.82. The van der Waals surface area contributed by atoms with Gasteiger partial charge < -0.3 is 14.2 Å². The lowest BCUT2D eigenvalue weighted by Gasteiger charge is -2.30. The minimum Gasteiger partial charge on any atom is -0.485 e. The average molecular weight is 514 g/mol. The number of aryl methyl sites for hydroxylation is 1. The molecule has 1 unspecified atom stereocenters. The van der Waals surface area contributed by atoms with E-state index in [4.69, 9.17) is 4.74 Å². The van der Waals surface area contributed by atoms with Crippen LogP contribution < -0.4 is 0 Å². The molecular formula is C26H32BrN3O3. The molecule has 1 aliphatic heterocycles. The zero-order valence-electron chi connectivity index (χ0n) is 19.8. The van der Waals surface area contributed by atoms with Gasteiger partial charge in [0.05, 0.1) is 24.0 Å². The second-order valence-electron chi connectivity index (χ2n) is 8.39. The summed E-state index contributed by atoms with van der Waals surface area (Å²) < 4.78 is 9.11. The zero-order valence-corrected chi connectivity index (χ0v) is 21.3. The van der Waals surface area contributed by atoms with E-state index in [1.54, 1.807) is 24.7 Å². The molecule has 6 nitrogen and oxygen atoms in total. The van der Waals surface area contributed by atoms with Crippen LogP contribution in [0.4, 0.5) is 0 Å². The van der Waals surface area contributed by atoms with Gasteiger partial charge in [0, 0.05) is 31.1 Å². The summed E-state index contributed by atoms with van der Waals surface area (Å²) in [5.41, 5.74) is 2.06. The summed E-state index contributed by atoms with van der Waals surface area (Å²) in [5.74, 6) is -0.189. The number of allylic oxidation sites excluding steroid dienone is 7. The van der Waals surface area contributed by atoms with Gasteiger partial charge in [0.25, 0.3) is 5.91 Å². The second kappa shape index (κ2) is 11.5. The van der Waals surface area contributed by atoms with Crippen molar-refractivity contribution in [2.75, 3.05) is 6.54 Å². The number of ketones is 1. The Morgan fingerprint density at radius 1 is 1.27 bits per heavy atom. The average Bonchev–Trinajstić information content (AvgIpc) is 3.39. The molecule has 1 amide bonds. The van der Waals surface area contributed by atoms with Crippen molar-refractivity contribution in [3.8, 4) is 0 Å². The first-order valence-electron chi connectivity index (χ1n) is 11.4. The molecule has 1 aromatic rings. The Morgan fingerprint density at radius 3 is 2.64 bits per heavy atom. The molecule has 0 saturated heterocycles. The molecular weight excluding hydrogens is 482 g/mol. The molecule has 0 radical (unpaired) electrons. The van der Waals surface area contributed by atoms with Gasteiger partial charge in [-0.1, -0.05) is 46.3 Å². The summed E-state index contributed by atoms with van der Waals surface area (Å²) >= 11 is 3.56. The Bertz CT molecular complexity index is 1030. The Labute approximate surface area is 204 Å². The summed E-state index contributed by atoms with van der Waals surface area (Å²) in [6.45, 7) is 8.72. The third-order valence-corrected chi connectivity index (χ3v) is 6.32. The first kappa shape index (κ1) is 25.0. The number of imidazole rings is 1. The van der Waals surface area contributed by atoms with Crippen molar-refractivity contribution in [2.45, 2.75) is 65.6 Å². The fourth-order valence-corrected chi connectivity index (χ4v) is 4.50. The molecule has 0 spiro atoms. The molecule has 0 N–H and O–H groups in total. The smallest absolute Gasteiger partial charge is 0.290 e. The van der Waals surface area contributed by atoms with E-state index in [1.165, 1.54) is 0 Å². The molecule has 0 bridgehead atoms. The van der Waals surface area contributed by atoms with Crippen LogP contribution >= 0.6 is 15.9 Å². The summed E-state index contributed by atoms with van der Waals surface area (Å²) in [7, 11) is 0. The van der Waals surface area contributed by atoms with Crippen molar-refractivity contribution >= 4 is 27.6 Å². The van der Waals surface area contributed by atoms with Crippen LogP contribution in [-0.4, -0.2) is 44.8 Å². The Morgan fingerprint density at radius 2 is 2.06 bits per heavy atom. The van der Waals surface area contributed by atoms with E-state index in [0.29, 0.717) is 17.7 Å². The number of ether oxygens (including phenoxy) is 1. The predicted molar refractivity (Wildman–Crippen MR) is 133 cm³/mol. The first-order chi connectivity index (χ1) is 15.9. The van der Waals surface area contributed by atoms with Gasteiger partial charge in [-0.05, 0) is 57.0 Å². The second-order valence-corrected chi connectivity index (χ2v) is 9.41. The van der Waals surface area contributed by atoms with Gasteiger partial charge in [-0.15, -0.1) is 0 Å². The van der Waals surface area contributed by atoms with Crippen molar-refractivity contribution in [2.24, 2.45) is 0 Å². The number of rotatable bonds is 10. The normalized spacial score (nSPS) is 19.6. The molecule has 176 valence electrons. The molecule has 2 aliphatic rings. The van der Waals surface area contributed by atoms with Crippen molar-refractivity contribution < 1.29 is 14.3 Å². The highest BCUT2D eigenvalue weighted by Crippen LogP contribution is 2.38. The molecule has 1 aliphatic carbocycles. The summed E-state index contributed by atoms with van der Waals surface area (Å²) in [6, 6.07) is -0.432. The monoisotopic (exact) mass is 513 g/mol. The lowest BCUT2D eigenvalue weighted by atomic mass is 9.88. The molecule has 0 saturated carbocycles. The Kier molecular flexibility index (Phi) is 8.67. The van der Waals surface area contributed by atoms with Crippen molar-refractivity contribution in [1.29, 1.82) is 0 Å². The van der Waals surface area contributed by atoms with Crippen LogP contribution in [0.5, 0.6) is 0 Å². The van der Waals surface area contributed by atoms with Gasteiger partial charge in [0.15, 0.2) is 11.5 Å². The van der Waals surface area contributed by atoms with E-state index in [2.05, 4.69) is 20.9 Å². The molecule has 2 heterocycles. The molecule has 7 heteroatoms. The topological polar surface area (TPSA) is 64.4 Å². The van der Waals surface area contributed by atoms with Crippen LogP contribution in [-0.2, 0) is 20.9 Å². The van der Waals surface area contributed by atoms with Gasteiger partial charge in [-0.2, -0.15) is 0 Å². The molecule has 1 atom stereocenters. The van der Waals surface area contributed by atoms with Crippen LogP contribution in [0.15, 0.2) is 76.1 Å². The van der Waals surface area contributed by atoms with E-state index in [-0.39, 0.29) is 23.6 Å². The first-order valence-corrected chi connectivity index (χ1v) is 12.2. The highest BCUT2D eigenvalue weighted by molar-refractivity contribution is 9.11. The van der Waals surface area contributed by atoms with E-state index in [9.17, 15) is 9.59 Å². The number of carbonyl (C=O) groups is 2. The Hall–Kier alpha value is -2.67. The number of amides is 1. The number of nitrogens with zero attached hydrogens (tertiary/aromatic N) is 3. The van der Waals surface area contributed by atoms with Gasteiger partial charge in [0.2, 0.25) is 0 Å². The molecule has 0 fully saturated rings. The van der Waals surface area contributed by atoms with E-state index < -0.39 is 6.04 Å². The van der Waals surface area contributed by atoms with Crippen molar-refractivity contribution in [3.63, 3.8) is 0 Å². The van der Waals surface area contributed by atoms with Crippen molar-refractivity contribution in [3.05, 3.63) is 76.1 Å². The van der Waals surface area contributed by atoms with Crippen LogP contribution in [0.25, 0.3) is 0 Å². The van der Waals surface area contributed by atoms with Gasteiger partial charge >= 0.3 is 0 Å². The maximum atomic E-state index is 13.7. The predicted octanol–water partition coefficient (Wildman–Crippen LogP) is 5.25. The number of hydrogen-bond donors (Lipinski definition) is 0. The molecule has 3 rings (SSSR count). The lowest BCUT2D eigenvalue weighted by molar-refractivity contribution is -0.130. The van der Waals surface area contributed by atoms with Gasteiger partial charge in [-0.3, -0.25) is 9.59 Å². The van der Waals surface area contributed by atoms with Crippen LogP contribution in [0, 0.1) is 0 Å². The van der Waals surface area contributed by atoms with E-state index >= 15 is 0 Å². The summed E-state index contributed by atoms with van der Waals surface area (Å²) in [4.78, 5) is 33.2. The molecule has 0 aromatic carbocycles. The quantitative estimate of drug-likeness (QED) is 0.316. The van der Waals surface area contributed by atoms with Gasteiger partial charge in [0.1, 0.15) is 0 Å². The maximum Gasteiger partial charge on any atom is 0.290 e. The molecule has 1 aromatic heterocycles. The van der Waals surface area contributed by atoms with Crippen molar-refractivity contribution in [1.82, 2.24) is 14.5 Å². The standard InChI is InChI=1S/C26H32BrN3O3/c1-5-8-19(6-2)24(31)22-23(20-9-11-21(27)12-10-20)30(26(32)25(22)33-18(3)4)15-7-14-29-16-13-28-17-29/h5-6,8-9,11,13,16-18,23H,7,10,12,14-15H2,1-4H3/b8-5-,19-6+. The minimum atomic E-state index is -0.432. The fraction of sp³-hybridized carbons (Fsp3) is 0.423. The van der Waals surface area contributed by atoms with E-state index in [1.807, 2.05) is 61.6 Å². The highest BCUT2D eigenvalue weighted by Gasteiger charge is 2.45. The zero-order chi connectivity index (χ0) is 24.0. The highest BCUT2D eigenvalue weighted by atomic mass is 79.9. The summed E-state index contributed by atoms with van der Waals surface area (Å²) in [6.07, 6.45) is 17.0. The van der Waals surface area contributed by atoms with E-state index in [0.717, 1.165) is 35.9 Å². The van der Waals surface area contributed by atoms with Crippen LogP contribution in [0.2, 0.25) is 0 Å². The number of aromatic nitrogens is 2. The SMILES string of the molecule is C/C=C\C(=C/C)C(=O)C1=C(OC(C)C)C(=O)N(CCCn2ccnc2)C1C1=CC=C(Br)CC1. The number of halogens is 1. The number of hydrogen-bond acceptors (Lipinski definition) is 4. The van der Waals surface area contributed by atoms with Crippen LogP contribution in [0.1, 0.15) is 47.0 Å².